The molecule has 1 N–H and O–H groups in total. The molecule has 0 bridgehead atoms. The molecule has 0 spiro atoms. The van der Waals surface area contributed by atoms with Crippen molar-refractivity contribution in [3.8, 4) is 11.4 Å². The maximum atomic E-state index is 12.5. The molecule has 0 saturated carbocycles. The van der Waals surface area contributed by atoms with Gasteiger partial charge >= 0.3 is 0 Å². The molecule has 0 aliphatic heterocycles. The van der Waals surface area contributed by atoms with Gasteiger partial charge in [0.15, 0.2) is 0 Å². The van der Waals surface area contributed by atoms with Crippen LogP contribution in [0.5, 0.6) is 0 Å². The lowest BCUT2D eigenvalue weighted by atomic mass is 10.1. The molecule has 5 nitrogen and oxygen atoms in total. The Morgan fingerprint density at radius 2 is 1.87 bits per heavy atom. The molecule has 0 radical (unpaired) electrons. The third-order valence-electron chi connectivity index (χ3n) is 4.08. The molecule has 0 aliphatic carbocycles. The molecule has 2 heterocycles. The van der Waals surface area contributed by atoms with E-state index in [0.717, 1.165) is 22.6 Å². The molecule has 118 valence electrons. The summed E-state index contributed by atoms with van der Waals surface area (Å²) in [5.41, 5.74) is 5.43. The smallest absolute Gasteiger partial charge is 0.273 e. The second-order valence-electron chi connectivity index (χ2n) is 5.80. The largest absolute Gasteiger partial charge is 0.349 e. The molecule has 23 heavy (non-hydrogen) atoms. The Kier molecular flexibility index (Phi) is 3.78. The van der Waals surface area contributed by atoms with Crippen LogP contribution in [-0.4, -0.2) is 20.3 Å². The van der Waals surface area contributed by atoms with Gasteiger partial charge in [-0.15, -0.1) is 0 Å². The number of rotatable bonds is 3. The maximum Gasteiger partial charge on any atom is 0.273 e. The Morgan fingerprint density at radius 3 is 2.52 bits per heavy atom. The molecule has 2 aromatic heterocycles. The van der Waals surface area contributed by atoms with Crippen LogP contribution in [0.1, 0.15) is 21.6 Å². The first-order valence-electron chi connectivity index (χ1n) is 7.50. The van der Waals surface area contributed by atoms with Crippen molar-refractivity contribution in [2.45, 2.75) is 13.8 Å². The monoisotopic (exact) mass is 308 g/mol. The summed E-state index contributed by atoms with van der Waals surface area (Å²) < 4.78 is 3.59. The van der Waals surface area contributed by atoms with Crippen molar-refractivity contribution < 1.29 is 4.79 Å². The number of amides is 1. The molecular weight excluding hydrogens is 288 g/mol. The van der Waals surface area contributed by atoms with Crippen LogP contribution >= 0.6 is 0 Å². The molecule has 0 fully saturated rings. The van der Waals surface area contributed by atoms with E-state index in [1.165, 1.54) is 5.56 Å². The van der Waals surface area contributed by atoms with Crippen molar-refractivity contribution in [3.63, 3.8) is 0 Å². The lowest BCUT2D eigenvalue weighted by molar-refractivity contribution is 0.101. The first kappa shape index (κ1) is 15.1. The highest BCUT2D eigenvalue weighted by molar-refractivity contribution is 6.03. The topological polar surface area (TPSA) is 51.9 Å². The van der Waals surface area contributed by atoms with Crippen LogP contribution in [0.2, 0.25) is 0 Å². The summed E-state index contributed by atoms with van der Waals surface area (Å²) in [6.45, 7) is 4.08. The number of hydrogen-bond donors (Lipinski definition) is 1. The van der Waals surface area contributed by atoms with E-state index >= 15 is 0 Å². The van der Waals surface area contributed by atoms with E-state index in [-0.39, 0.29) is 5.91 Å². The second kappa shape index (κ2) is 5.76. The van der Waals surface area contributed by atoms with Gasteiger partial charge in [-0.3, -0.25) is 9.48 Å². The average molecular weight is 308 g/mol. The Hall–Kier alpha value is -2.82. The van der Waals surface area contributed by atoms with E-state index in [9.17, 15) is 4.79 Å². The van der Waals surface area contributed by atoms with E-state index in [4.69, 9.17) is 0 Å². The number of anilines is 1. The zero-order valence-corrected chi connectivity index (χ0v) is 13.8. The van der Waals surface area contributed by atoms with Crippen LogP contribution in [-0.2, 0) is 14.1 Å². The average Bonchev–Trinajstić information content (AvgIpc) is 3.08. The molecule has 3 aromatic rings. The molecule has 0 aliphatic rings. The summed E-state index contributed by atoms with van der Waals surface area (Å²) in [6, 6.07) is 11.6. The normalized spacial score (nSPS) is 10.8. The number of benzene rings is 1. The van der Waals surface area contributed by atoms with E-state index in [2.05, 4.69) is 10.4 Å². The lowest BCUT2D eigenvalue weighted by Crippen LogP contribution is -2.16. The van der Waals surface area contributed by atoms with Crippen molar-refractivity contribution in [2.24, 2.45) is 14.1 Å². The first-order chi connectivity index (χ1) is 11.0. The van der Waals surface area contributed by atoms with Crippen LogP contribution in [0, 0.1) is 13.8 Å². The van der Waals surface area contributed by atoms with E-state index < -0.39 is 0 Å². The minimum Gasteiger partial charge on any atom is -0.349 e. The highest BCUT2D eigenvalue weighted by Crippen LogP contribution is 2.20. The zero-order chi connectivity index (χ0) is 16.6. The molecule has 0 saturated heterocycles. The van der Waals surface area contributed by atoms with Crippen molar-refractivity contribution >= 4 is 11.6 Å². The third-order valence-corrected chi connectivity index (χ3v) is 4.08. The Balaban J connectivity index is 1.86. The summed E-state index contributed by atoms with van der Waals surface area (Å²) in [6.07, 6.45) is 1.96. The third kappa shape index (κ3) is 2.90. The van der Waals surface area contributed by atoms with Crippen molar-refractivity contribution in [1.29, 1.82) is 0 Å². The molecule has 1 amide bonds. The SMILES string of the molecule is Cc1ccc(NC(=O)c2cc(-c3cccn3C)nn2C)cc1C. The number of aromatic nitrogens is 3. The van der Waals surface area contributed by atoms with Gasteiger partial charge in [0.2, 0.25) is 0 Å². The Morgan fingerprint density at radius 1 is 1.09 bits per heavy atom. The highest BCUT2D eigenvalue weighted by Gasteiger charge is 2.15. The summed E-state index contributed by atoms with van der Waals surface area (Å²) in [5.74, 6) is -0.163. The molecule has 0 atom stereocenters. The van der Waals surface area contributed by atoms with Crippen LogP contribution < -0.4 is 5.32 Å². The van der Waals surface area contributed by atoms with Gasteiger partial charge in [-0.05, 0) is 55.3 Å². The molecular formula is C18H20N4O. The fraction of sp³-hybridized carbons (Fsp3) is 0.222. The van der Waals surface area contributed by atoms with Crippen LogP contribution in [0.4, 0.5) is 5.69 Å². The van der Waals surface area contributed by atoms with Crippen molar-refractivity contribution in [3.05, 3.63) is 59.4 Å². The predicted molar refractivity (Wildman–Crippen MR) is 91.5 cm³/mol. The lowest BCUT2D eigenvalue weighted by Gasteiger charge is -2.07. The number of aryl methyl sites for hydroxylation is 4. The predicted octanol–water partition coefficient (Wildman–Crippen LogP) is 3.29. The summed E-state index contributed by atoms with van der Waals surface area (Å²) in [5, 5.41) is 7.38. The van der Waals surface area contributed by atoms with Gasteiger partial charge in [-0.1, -0.05) is 6.07 Å². The van der Waals surface area contributed by atoms with Crippen LogP contribution in [0.25, 0.3) is 11.4 Å². The van der Waals surface area contributed by atoms with Gasteiger partial charge < -0.3 is 9.88 Å². The summed E-state index contributed by atoms with van der Waals surface area (Å²) >= 11 is 0. The van der Waals surface area contributed by atoms with E-state index in [1.54, 1.807) is 11.7 Å². The Labute approximate surface area is 135 Å². The maximum absolute atomic E-state index is 12.5. The number of nitrogens with zero attached hydrogens (tertiary/aromatic N) is 3. The fourth-order valence-corrected chi connectivity index (χ4v) is 2.55. The molecule has 5 heteroatoms. The zero-order valence-electron chi connectivity index (χ0n) is 13.8. The minimum atomic E-state index is -0.163. The van der Waals surface area contributed by atoms with Gasteiger partial charge in [0.05, 0.1) is 5.69 Å². The van der Waals surface area contributed by atoms with E-state index in [0.29, 0.717) is 5.69 Å². The van der Waals surface area contributed by atoms with Gasteiger partial charge in [-0.25, -0.2) is 0 Å². The molecule has 0 unspecified atom stereocenters. The fourth-order valence-electron chi connectivity index (χ4n) is 2.55. The number of hydrogen-bond acceptors (Lipinski definition) is 2. The molecule has 3 rings (SSSR count). The van der Waals surface area contributed by atoms with Gasteiger partial charge in [-0.2, -0.15) is 5.10 Å². The Bertz CT molecular complexity index is 873. The summed E-state index contributed by atoms with van der Waals surface area (Å²) in [7, 11) is 3.74. The second-order valence-corrected chi connectivity index (χ2v) is 5.80. The quantitative estimate of drug-likeness (QED) is 0.807. The molecule has 1 aromatic carbocycles. The number of nitrogens with one attached hydrogen (secondary N) is 1. The highest BCUT2D eigenvalue weighted by atomic mass is 16.2. The van der Waals surface area contributed by atoms with Crippen LogP contribution in [0.3, 0.4) is 0 Å². The van der Waals surface area contributed by atoms with Crippen molar-refractivity contribution in [1.82, 2.24) is 14.3 Å². The standard InChI is InChI=1S/C18H20N4O/c1-12-7-8-14(10-13(12)2)19-18(23)17-11-15(20-22(17)4)16-6-5-9-21(16)3/h5-11H,1-4H3,(H,19,23). The number of carbonyl (C=O) groups is 1. The van der Waals surface area contributed by atoms with Gasteiger partial charge in [0.1, 0.15) is 11.4 Å². The first-order valence-corrected chi connectivity index (χ1v) is 7.50. The van der Waals surface area contributed by atoms with Gasteiger partial charge in [0.25, 0.3) is 5.91 Å². The van der Waals surface area contributed by atoms with Crippen LogP contribution in [0.15, 0.2) is 42.6 Å². The van der Waals surface area contributed by atoms with Gasteiger partial charge in [0, 0.05) is 26.0 Å². The minimum absolute atomic E-state index is 0.163. The van der Waals surface area contributed by atoms with Crippen molar-refractivity contribution in [2.75, 3.05) is 5.32 Å². The summed E-state index contributed by atoms with van der Waals surface area (Å²) in [4.78, 5) is 12.5. The number of carbonyl (C=O) groups excluding carboxylic acids is 1. The van der Waals surface area contributed by atoms with E-state index in [1.807, 2.05) is 68.1 Å².